The first kappa shape index (κ1) is 18.4. The van der Waals surface area contributed by atoms with Crippen molar-refractivity contribution in [2.45, 2.75) is 13.8 Å². The molecule has 3 heterocycles. The molecule has 0 aliphatic rings. The van der Waals surface area contributed by atoms with Crippen LogP contribution in [0.3, 0.4) is 0 Å². The Morgan fingerprint density at radius 2 is 2.04 bits per heavy atom. The predicted molar refractivity (Wildman–Crippen MR) is 113 cm³/mol. The van der Waals surface area contributed by atoms with Gasteiger partial charge in [0.05, 0.1) is 22.9 Å². The van der Waals surface area contributed by atoms with Gasteiger partial charge < -0.3 is 10.1 Å². The number of amides is 1. The molecule has 1 amide bonds. The van der Waals surface area contributed by atoms with Gasteiger partial charge in [-0.2, -0.15) is 9.78 Å². The Balaban J connectivity index is 1.59. The van der Waals surface area contributed by atoms with Crippen LogP contribution >= 0.6 is 22.7 Å². The van der Waals surface area contributed by atoms with E-state index in [9.17, 15) is 4.79 Å². The van der Waals surface area contributed by atoms with E-state index in [1.54, 1.807) is 10.7 Å². The minimum Gasteiger partial charge on any atom is -0.494 e. The monoisotopic (exact) mass is 410 g/mol. The van der Waals surface area contributed by atoms with Crippen molar-refractivity contribution in [2.75, 3.05) is 11.9 Å². The zero-order valence-electron chi connectivity index (χ0n) is 15.4. The van der Waals surface area contributed by atoms with Crippen LogP contribution in [0.2, 0.25) is 0 Å². The number of carbonyl (C=O) groups excluding carboxylic acids is 1. The molecule has 0 saturated carbocycles. The van der Waals surface area contributed by atoms with Crippen molar-refractivity contribution in [3.8, 4) is 22.1 Å². The summed E-state index contributed by atoms with van der Waals surface area (Å²) in [6.45, 7) is 4.48. The lowest BCUT2D eigenvalue weighted by molar-refractivity contribution is 0.103. The molecule has 0 unspecified atom stereocenters. The fourth-order valence-electron chi connectivity index (χ4n) is 2.70. The summed E-state index contributed by atoms with van der Waals surface area (Å²) < 4.78 is 7.16. The van der Waals surface area contributed by atoms with Crippen LogP contribution in [0.5, 0.6) is 5.75 Å². The molecule has 4 rings (SSSR count). The van der Waals surface area contributed by atoms with E-state index in [1.807, 2.05) is 61.0 Å². The summed E-state index contributed by atoms with van der Waals surface area (Å²) in [5, 5.41) is 12.0. The Labute approximate surface area is 170 Å². The van der Waals surface area contributed by atoms with Crippen molar-refractivity contribution in [3.63, 3.8) is 0 Å². The maximum Gasteiger partial charge on any atom is 0.266 e. The molecule has 8 heteroatoms. The number of thiophene rings is 1. The summed E-state index contributed by atoms with van der Waals surface area (Å²) in [6, 6.07) is 13.3. The molecule has 3 aromatic heterocycles. The fourth-order valence-corrected chi connectivity index (χ4v) is 4.12. The lowest BCUT2D eigenvalue weighted by Crippen LogP contribution is -2.13. The molecular weight excluding hydrogens is 392 g/mol. The highest BCUT2D eigenvalue weighted by Gasteiger charge is 2.16. The van der Waals surface area contributed by atoms with Crippen molar-refractivity contribution in [2.24, 2.45) is 0 Å². The van der Waals surface area contributed by atoms with Gasteiger partial charge in [0.15, 0.2) is 0 Å². The largest absolute Gasteiger partial charge is 0.494 e. The van der Waals surface area contributed by atoms with Gasteiger partial charge in [-0.15, -0.1) is 22.7 Å². The van der Waals surface area contributed by atoms with Crippen LogP contribution in [0.1, 0.15) is 22.3 Å². The van der Waals surface area contributed by atoms with E-state index in [0.29, 0.717) is 22.4 Å². The molecule has 6 nitrogen and oxygen atoms in total. The van der Waals surface area contributed by atoms with Crippen molar-refractivity contribution in [1.82, 2.24) is 14.8 Å². The van der Waals surface area contributed by atoms with Gasteiger partial charge in [-0.1, -0.05) is 6.07 Å². The van der Waals surface area contributed by atoms with Crippen molar-refractivity contribution < 1.29 is 9.53 Å². The summed E-state index contributed by atoms with van der Waals surface area (Å²) in [6.07, 6.45) is 0. The molecule has 0 aliphatic carbocycles. The molecule has 0 atom stereocenters. The van der Waals surface area contributed by atoms with E-state index >= 15 is 0 Å². The topological polar surface area (TPSA) is 69.0 Å². The average Bonchev–Trinajstić information content (AvgIpc) is 3.43. The van der Waals surface area contributed by atoms with Crippen LogP contribution in [0, 0.1) is 6.92 Å². The SMILES string of the molecule is CCOc1ccc(-c2csc(-n3nc(C)cc3NC(=O)c3cccs3)n2)cc1. The third kappa shape index (κ3) is 3.83. The van der Waals surface area contributed by atoms with Gasteiger partial charge in [0.25, 0.3) is 5.91 Å². The smallest absolute Gasteiger partial charge is 0.266 e. The fraction of sp³-hybridized carbons (Fsp3) is 0.150. The summed E-state index contributed by atoms with van der Waals surface area (Å²) in [5.74, 6) is 1.28. The lowest BCUT2D eigenvalue weighted by Gasteiger charge is -2.05. The van der Waals surface area contributed by atoms with Gasteiger partial charge in [-0.25, -0.2) is 4.98 Å². The normalized spacial score (nSPS) is 10.8. The minimum absolute atomic E-state index is 0.153. The number of aromatic nitrogens is 3. The number of thiazole rings is 1. The Bertz CT molecular complexity index is 1080. The highest BCUT2D eigenvalue weighted by molar-refractivity contribution is 7.12. The van der Waals surface area contributed by atoms with E-state index in [0.717, 1.165) is 22.7 Å². The van der Waals surface area contributed by atoms with Crippen LogP contribution in [0.4, 0.5) is 5.82 Å². The quantitative estimate of drug-likeness (QED) is 0.485. The Kier molecular flexibility index (Phi) is 5.23. The first-order chi connectivity index (χ1) is 13.6. The summed E-state index contributed by atoms with van der Waals surface area (Å²) in [7, 11) is 0. The Hall–Kier alpha value is -2.97. The molecule has 28 heavy (non-hydrogen) atoms. The standard InChI is InChI=1S/C20H18N4O2S2/c1-3-26-15-8-6-14(7-9-15)16-12-28-20(21-16)24-18(11-13(2)23-24)22-19(25)17-5-4-10-27-17/h4-12H,3H2,1-2H3,(H,22,25). The number of carbonyl (C=O) groups is 1. The molecule has 0 radical (unpaired) electrons. The predicted octanol–water partition coefficient (Wildman–Crippen LogP) is 5.02. The van der Waals surface area contributed by atoms with E-state index in [1.165, 1.54) is 22.7 Å². The number of nitrogens with one attached hydrogen (secondary N) is 1. The Morgan fingerprint density at radius 3 is 2.75 bits per heavy atom. The van der Waals surface area contributed by atoms with Crippen LogP contribution in [0.25, 0.3) is 16.4 Å². The van der Waals surface area contributed by atoms with Crippen molar-refractivity contribution in [1.29, 1.82) is 0 Å². The number of hydrogen-bond donors (Lipinski definition) is 1. The van der Waals surface area contributed by atoms with Crippen molar-refractivity contribution in [3.05, 3.63) is 63.8 Å². The molecule has 0 saturated heterocycles. The average molecular weight is 411 g/mol. The van der Waals surface area contributed by atoms with E-state index in [4.69, 9.17) is 9.72 Å². The summed E-state index contributed by atoms with van der Waals surface area (Å²) in [4.78, 5) is 17.8. The molecule has 0 aliphatic heterocycles. The number of aryl methyl sites for hydroxylation is 1. The van der Waals surface area contributed by atoms with E-state index in [2.05, 4.69) is 10.4 Å². The maximum absolute atomic E-state index is 12.4. The van der Waals surface area contributed by atoms with Gasteiger partial charge in [-0.05, 0) is 49.6 Å². The van der Waals surface area contributed by atoms with Gasteiger partial charge >= 0.3 is 0 Å². The van der Waals surface area contributed by atoms with Gasteiger partial charge in [0, 0.05) is 17.0 Å². The number of rotatable bonds is 6. The first-order valence-corrected chi connectivity index (χ1v) is 10.5. The molecular formula is C20H18N4O2S2. The molecule has 0 spiro atoms. The van der Waals surface area contributed by atoms with Crippen LogP contribution in [0.15, 0.2) is 53.2 Å². The van der Waals surface area contributed by atoms with Crippen LogP contribution in [-0.2, 0) is 0 Å². The Morgan fingerprint density at radius 1 is 1.21 bits per heavy atom. The molecule has 0 fully saturated rings. The van der Waals surface area contributed by atoms with E-state index in [-0.39, 0.29) is 5.91 Å². The first-order valence-electron chi connectivity index (χ1n) is 8.74. The zero-order valence-corrected chi connectivity index (χ0v) is 17.0. The molecule has 142 valence electrons. The lowest BCUT2D eigenvalue weighted by atomic mass is 10.2. The highest BCUT2D eigenvalue weighted by Crippen LogP contribution is 2.28. The number of ether oxygens (including phenoxy) is 1. The van der Waals surface area contributed by atoms with Gasteiger partial charge in [0.2, 0.25) is 5.13 Å². The third-order valence-corrected chi connectivity index (χ3v) is 5.64. The second kappa shape index (κ2) is 7.95. The summed E-state index contributed by atoms with van der Waals surface area (Å²) >= 11 is 2.87. The zero-order chi connectivity index (χ0) is 19.5. The van der Waals surface area contributed by atoms with E-state index < -0.39 is 0 Å². The second-order valence-electron chi connectivity index (χ2n) is 5.99. The number of hydrogen-bond acceptors (Lipinski definition) is 6. The molecule has 4 aromatic rings. The molecule has 1 aromatic carbocycles. The van der Waals surface area contributed by atoms with Crippen LogP contribution < -0.4 is 10.1 Å². The maximum atomic E-state index is 12.4. The highest BCUT2D eigenvalue weighted by atomic mass is 32.1. The van der Waals surface area contributed by atoms with Crippen molar-refractivity contribution >= 4 is 34.4 Å². The number of nitrogens with zero attached hydrogens (tertiary/aromatic N) is 3. The number of anilines is 1. The molecule has 0 bridgehead atoms. The number of benzene rings is 1. The molecule has 1 N–H and O–H groups in total. The van der Waals surface area contributed by atoms with Gasteiger partial charge in [-0.3, -0.25) is 4.79 Å². The summed E-state index contributed by atoms with van der Waals surface area (Å²) in [5.41, 5.74) is 2.66. The third-order valence-electron chi connectivity index (χ3n) is 3.95. The van der Waals surface area contributed by atoms with Crippen LogP contribution in [-0.4, -0.2) is 27.3 Å². The second-order valence-corrected chi connectivity index (χ2v) is 7.77. The van der Waals surface area contributed by atoms with Gasteiger partial charge in [0.1, 0.15) is 11.6 Å². The minimum atomic E-state index is -0.153.